The molecule has 1 aliphatic rings. The van der Waals surface area contributed by atoms with Gasteiger partial charge in [0.2, 0.25) is 5.82 Å². The Morgan fingerprint density at radius 1 is 1.35 bits per heavy atom. The monoisotopic (exact) mass is 258 g/mol. The first kappa shape index (κ1) is 12.0. The first-order valence-corrected chi connectivity index (χ1v) is 5.45. The van der Waals surface area contributed by atoms with E-state index in [9.17, 15) is 8.78 Å². The number of hydrogen-bond acceptors (Lipinski definition) is 4. The van der Waals surface area contributed by atoms with Crippen molar-refractivity contribution in [2.24, 2.45) is 0 Å². The fourth-order valence-electron chi connectivity index (χ4n) is 1.68. The lowest BCUT2D eigenvalue weighted by Gasteiger charge is -2.32. The molecule has 1 aromatic rings. The summed E-state index contributed by atoms with van der Waals surface area (Å²) in [4.78, 5) is 9.33. The van der Waals surface area contributed by atoms with Crippen molar-refractivity contribution in [3.8, 4) is 6.07 Å². The minimum atomic E-state index is -2.61. The Hall–Kier alpha value is -1.48. The van der Waals surface area contributed by atoms with Gasteiger partial charge >= 0.3 is 0 Å². The van der Waals surface area contributed by atoms with Crippen molar-refractivity contribution < 1.29 is 8.78 Å². The normalized spacial score (nSPS) is 18.8. The maximum absolute atomic E-state index is 13.0. The summed E-state index contributed by atoms with van der Waals surface area (Å²) in [7, 11) is 0. The number of anilines is 1. The van der Waals surface area contributed by atoms with E-state index in [1.165, 1.54) is 6.07 Å². The lowest BCUT2D eigenvalue weighted by molar-refractivity contribution is -0.0221. The molecule has 0 aliphatic carbocycles. The molecule has 4 nitrogen and oxygen atoms in total. The number of hydrogen-bond donors (Lipinski definition) is 0. The molecule has 2 heterocycles. The van der Waals surface area contributed by atoms with Crippen molar-refractivity contribution in [3.63, 3.8) is 0 Å². The number of nitriles is 1. The molecule has 1 fully saturated rings. The zero-order valence-electron chi connectivity index (χ0n) is 8.83. The number of piperidine rings is 1. The first-order chi connectivity index (χ1) is 8.00. The zero-order valence-corrected chi connectivity index (χ0v) is 9.58. The van der Waals surface area contributed by atoms with Crippen LogP contribution in [0.4, 0.5) is 14.6 Å². The quantitative estimate of drug-likeness (QED) is 0.725. The van der Waals surface area contributed by atoms with Crippen LogP contribution in [0.1, 0.15) is 18.7 Å². The van der Waals surface area contributed by atoms with Crippen molar-refractivity contribution in [1.29, 1.82) is 5.26 Å². The van der Waals surface area contributed by atoms with E-state index in [-0.39, 0.29) is 36.9 Å². The first-order valence-electron chi connectivity index (χ1n) is 5.08. The number of rotatable bonds is 1. The summed E-state index contributed by atoms with van der Waals surface area (Å²) in [6, 6.07) is 3.26. The van der Waals surface area contributed by atoms with Crippen molar-refractivity contribution in [2.45, 2.75) is 18.8 Å². The standard InChI is InChI=1S/C10H9ClF2N4/c11-7-5-9(16-8(6-14)15-7)17-3-1-10(12,13)2-4-17/h5H,1-4H2. The molecule has 0 N–H and O–H groups in total. The molecule has 1 aliphatic heterocycles. The van der Waals surface area contributed by atoms with Crippen LogP contribution >= 0.6 is 11.6 Å². The lowest BCUT2D eigenvalue weighted by Crippen LogP contribution is -2.39. The van der Waals surface area contributed by atoms with Crippen LogP contribution in [0.15, 0.2) is 6.07 Å². The van der Waals surface area contributed by atoms with E-state index in [1.54, 1.807) is 11.0 Å². The zero-order chi connectivity index (χ0) is 12.5. The van der Waals surface area contributed by atoms with E-state index < -0.39 is 5.92 Å². The fourth-order valence-corrected chi connectivity index (χ4v) is 1.86. The van der Waals surface area contributed by atoms with Crippen LogP contribution in [0, 0.1) is 11.3 Å². The third-order valence-electron chi connectivity index (χ3n) is 2.60. The van der Waals surface area contributed by atoms with Gasteiger partial charge in [-0.15, -0.1) is 0 Å². The smallest absolute Gasteiger partial charge is 0.251 e. The van der Waals surface area contributed by atoms with Crippen LogP contribution in [-0.4, -0.2) is 29.0 Å². The van der Waals surface area contributed by atoms with Crippen LogP contribution in [0.5, 0.6) is 0 Å². The maximum atomic E-state index is 13.0. The Labute approximate surface area is 102 Å². The second kappa shape index (κ2) is 4.41. The molecule has 0 aromatic carbocycles. The van der Waals surface area contributed by atoms with Gasteiger partial charge in [0.05, 0.1) is 0 Å². The Bertz CT molecular complexity index is 462. The number of halogens is 3. The topological polar surface area (TPSA) is 52.8 Å². The van der Waals surface area contributed by atoms with E-state index >= 15 is 0 Å². The van der Waals surface area contributed by atoms with Gasteiger partial charge in [-0.05, 0) is 0 Å². The highest BCUT2D eigenvalue weighted by atomic mass is 35.5. The average molecular weight is 259 g/mol. The van der Waals surface area contributed by atoms with Gasteiger partial charge in [0.25, 0.3) is 5.92 Å². The van der Waals surface area contributed by atoms with Gasteiger partial charge in [0.15, 0.2) is 0 Å². The molecule has 1 aromatic heterocycles. The summed E-state index contributed by atoms with van der Waals surface area (Å²) in [5, 5.41) is 8.84. The number of aromatic nitrogens is 2. The molecule has 7 heteroatoms. The molecule has 0 radical (unpaired) electrons. The summed E-state index contributed by atoms with van der Waals surface area (Å²) >= 11 is 5.73. The molecule has 1 saturated heterocycles. The highest BCUT2D eigenvalue weighted by Crippen LogP contribution is 2.30. The highest BCUT2D eigenvalue weighted by Gasteiger charge is 2.34. The predicted molar refractivity (Wildman–Crippen MR) is 58.2 cm³/mol. The highest BCUT2D eigenvalue weighted by molar-refractivity contribution is 6.29. The van der Waals surface area contributed by atoms with E-state index in [0.29, 0.717) is 5.82 Å². The SMILES string of the molecule is N#Cc1nc(Cl)cc(N2CCC(F)(F)CC2)n1. The molecule has 90 valence electrons. The van der Waals surface area contributed by atoms with Crippen molar-refractivity contribution in [3.05, 3.63) is 17.0 Å². The van der Waals surface area contributed by atoms with E-state index in [1.807, 2.05) is 0 Å². The van der Waals surface area contributed by atoms with Crippen LogP contribution in [0.25, 0.3) is 0 Å². The Balaban J connectivity index is 2.19. The molecular weight excluding hydrogens is 250 g/mol. The van der Waals surface area contributed by atoms with Crippen LogP contribution in [0.2, 0.25) is 5.15 Å². The minimum absolute atomic E-state index is 0.0511. The van der Waals surface area contributed by atoms with Crippen molar-refractivity contribution >= 4 is 17.4 Å². The summed E-state index contributed by atoms with van der Waals surface area (Å²) in [6.45, 7) is 0.399. The van der Waals surface area contributed by atoms with Crippen LogP contribution in [-0.2, 0) is 0 Å². The van der Waals surface area contributed by atoms with Gasteiger partial charge in [0, 0.05) is 32.0 Å². The fraction of sp³-hybridized carbons (Fsp3) is 0.500. The van der Waals surface area contributed by atoms with Gasteiger partial charge in [0.1, 0.15) is 17.0 Å². The molecule has 0 bridgehead atoms. The summed E-state index contributed by atoms with van der Waals surface area (Å²) in [5.41, 5.74) is 0. The molecule has 0 spiro atoms. The second-order valence-electron chi connectivity index (χ2n) is 3.83. The molecule has 2 rings (SSSR count). The summed E-state index contributed by atoms with van der Waals surface area (Å²) < 4.78 is 26.0. The Morgan fingerprint density at radius 2 is 2.00 bits per heavy atom. The third kappa shape index (κ3) is 2.80. The lowest BCUT2D eigenvalue weighted by atomic mass is 10.1. The summed E-state index contributed by atoms with van der Waals surface area (Å²) in [5.74, 6) is -2.23. The largest absolute Gasteiger partial charge is 0.356 e. The maximum Gasteiger partial charge on any atom is 0.251 e. The van der Waals surface area contributed by atoms with Gasteiger partial charge in [-0.1, -0.05) is 11.6 Å². The molecule has 0 saturated carbocycles. The van der Waals surface area contributed by atoms with Gasteiger partial charge in [-0.2, -0.15) is 5.26 Å². The molecule has 0 unspecified atom stereocenters. The Morgan fingerprint density at radius 3 is 2.59 bits per heavy atom. The Kier molecular flexibility index (Phi) is 3.11. The van der Waals surface area contributed by atoms with E-state index in [4.69, 9.17) is 16.9 Å². The number of alkyl halides is 2. The van der Waals surface area contributed by atoms with E-state index in [0.717, 1.165) is 0 Å². The average Bonchev–Trinajstić information content (AvgIpc) is 2.28. The van der Waals surface area contributed by atoms with Gasteiger partial charge < -0.3 is 4.90 Å². The molecule has 0 amide bonds. The minimum Gasteiger partial charge on any atom is -0.356 e. The predicted octanol–water partition coefficient (Wildman–Crippen LogP) is 2.24. The van der Waals surface area contributed by atoms with Gasteiger partial charge in [-0.3, -0.25) is 0 Å². The molecular formula is C10H9ClF2N4. The third-order valence-corrected chi connectivity index (χ3v) is 2.79. The van der Waals surface area contributed by atoms with Gasteiger partial charge in [-0.25, -0.2) is 18.7 Å². The van der Waals surface area contributed by atoms with Crippen molar-refractivity contribution in [1.82, 2.24) is 9.97 Å². The van der Waals surface area contributed by atoms with E-state index in [2.05, 4.69) is 9.97 Å². The molecule has 0 atom stereocenters. The van der Waals surface area contributed by atoms with Crippen LogP contribution in [0.3, 0.4) is 0 Å². The second-order valence-corrected chi connectivity index (χ2v) is 4.21. The summed E-state index contributed by atoms with van der Waals surface area (Å²) in [6.07, 6.45) is -0.424. The molecule has 17 heavy (non-hydrogen) atoms. The van der Waals surface area contributed by atoms with Crippen molar-refractivity contribution in [2.75, 3.05) is 18.0 Å². The number of nitrogens with zero attached hydrogens (tertiary/aromatic N) is 4. The van der Waals surface area contributed by atoms with Crippen LogP contribution < -0.4 is 4.90 Å².